The number of rotatable bonds is 2. The summed E-state index contributed by atoms with van der Waals surface area (Å²) < 4.78 is 0. The molecule has 0 bridgehead atoms. The van der Waals surface area contributed by atoms with Crippen LogP contribution in [0, 0.1) is 18.3 Å². The van der Waals surface area contributed by atoms with Gasteiger partial charge >= 0.3 is 0 Å². The van der Waals surface area contributed by atoms with Crippen molar-refractivity contribution in [1.29, 1.82) is 5.26 Å². The van der Waals surface area contributed by atoms with Gasteiger partial charge < -0.3 is 0 Å². The SMILES string of the molecule is Cc1ccc(/C(C#N)=C/c2ccc(Cl)cc2)cc1. The highest BCUT2D eigenvalue weighted by molar-refractivity contribution is 6.30. The Morgan fingerprint density at radius 3 is 2.22 bits per heavy atom. The summed E-state index contributed by atoms with van der Waals surface area (Å²) in [7, 11) is 0. The van der Waals surface area contributed by atoms with Gasteiger partial charge in [-0.15, -0.1) is 0 Å². The van der Waals surface area contributed by atoms with Crippen molar-refractivity contribution >= 4 is 23.3 Å². The summed E-state index contributed by atoms with van der Waals surface area (Å²) in [6.07, 6.45) is 1.86. The molecule has 0 radical (unpaired) electrons. The zero-order chi connectivity index (χ0) is 13.0. The van der Waals surface area contributed by atoms with E-state index in [-0.39, 0.29) is 0 Å². The number of aryl methyl sites for hydroxylation is 1. The van der Waals surface area contributed by atoms with Crippen LogP contribution in [0.15, 0.2) is 48.5 Å². The van der Waals surface area contributed by atoms with Crippen LogP contribution >= 0.6 is 11.6 Å². The average Bonchev–Trinajstić information content (AvgIpc) is 2.39. The van der Waals surface area contributed by atoms with E-state index in [2.05, 4.69) is 6.07 Å². The number of hydrogen-bond acceptors (Lipinski definition) is 1. The van der Waals surface area contributed by atoms with Gasteiger partial charge in [-0.3, -0.25) is 0 Å². The van der Waals surface area contributed by atoms with E-state index in [0.29, 0.717) is 10.6 Å². The lowest BCUT2D eigenvalue weighted by molar-refractivity contribution is 1.45. The second-order valence-electron chi connectivity index (χ2n) is 4.09. The molecular formula is C16H12ClN. The van der Waals surface area contributed by atoms with Crippen molar-refractivity contribution in [3.63, 3.8) is 0 Å². The third-order valence-electron chi connectivity index (χ3n) is 2.66. The Balaban J connectivity index is 2.37. The number of halogens is 1. The molecule has 0 aromatic heterocycles. The number of benzene rings is 2. The summed E-state index contributed by atoms with van der Waals surface area (Å²) in [5, 5.41) is 9.92. The zero-order valence-corrected chi connectivity index (χ0v) is 10.8. The van der Waals surface area contributed by atoms with Crippen molar-refractivity contribution in [2.45, 2.75) is 6.92 Å². The van der Waals surface area contributed by atoms with Crippen LogP contribution in [0.2, 0.25) is 5.02 Å². The van der Waals surface area contributed by atoms with Crippen molar-refractivity contribution in [2.24, 2.45) is 0 Å². The Morgan fingerprint density at radius 1 is 1.06 bits per heavy atom. The highest BCUT2D eigenvalue weighted by Crippen LogP contribution is 2.19. The molecule has 0 aliphatic rings. The molecule has 2 heteroatoms. The standard InChI is InChI=1S/C16H12ClN/c1-12-2-6-14(7-3-12)15(11-18)10-13-4-8-16(17)9-5-13/h2-10H,1H3/b15-10+. The second kappa shape index (κ2) is 5.53. The Labute approximate surface area is 112 Å². The van der Waals surface area contributed by atoms with E-state index >= 15 is 0 Å². The molecule has 0 saturated carbocycles. The largest absolute Gasteiger partial charge is 0.192 e. The molecule has 2 rings (SSSR count). The number of allylic oxidation sites excluding steroid dienone is 1. The molecule has 18 heavy (non-hydrogen) atoms. The maximum Gasteiger partial charge on any atom is 0.0998 e. The Bertz CT molecular complexity index is 601. The maximum atomic E-state index is 9.22. The van der Waals surface area contributed by atoms with Gasteiger partial charge in [-0.1, -0.05) is 53.6 Å². The maximum absolute atomic E-state index is 9.22. The molecule has 0 atom stereocenters. The van der Waals surface area contributed by atoms with Gasteiger partial charge in [0, 0.05) is 5.02 Å². The van der Waals surface area contributed by atoms with Crippen LogP contribution in [-0.4, -0.2) is 0 Å². The Morgan fingerprint density at radius 2 is 1.67 bits per heavy atom. The Kier molecular flexibility index (Phi) is 3.82. The van der Waals surface area contributed by atoms with Crippen LogP contribution in [0.25, 0.3) is 11.6 Å². The summed E-state index contributed by atoms with van der Waals surface area (Å²) in [5.74, 6) is 0. The van der Waals surface area contributed by atoms with E-state index in [9.17, 15) is 5.26 Å². The van der Waals surface area contributed by atoms with Crippen molar-refractivity contribution in [3.05, 3.63) is 70.2 Å². The number of nitrogens with zero attached hydrogens (tertiary/aromatic N) is 1. The van der Waals surface area contributed by atoms with Gasteiger partial charge in [0.1, 0.15) is 0 Å². The third-order valence-corrected chi connectivity index (χ3v) is 2.92. The molecule has 1 nitrogen and oxygen atoms in total. The fraction of sp³-hybridized carbons (Fsp3) is 0.0625. The van der Waals surface area contributed by atoms with Crippen LogP contribution < -0.4 is 0 Å². The van der Waals surface area contributed by atoms with E-state index in [4.69, 9.17) is 11.6 Å². The van der Waals surface area contributed by atoms with Gasteiger partial charge in [0.15, 0.2) is 0 Å². The van der Waals surface area contributed by atoms with Gasteiger partial charge in [0.25, 0.3) is 0 Å². The van der Waals surface area contributed by atoms with Crippen molar-refractivity contribution in [2.75, 3.05) is 0 Å². The number of hydrogen-bond donors (Lipinski definition) is 0. The Hall–Kier alpha value is -2.04. The highest BCUT2D eigenvalue weighted by atomic mass is 35.5. The molecule has 2 aromatic carbocycles. The summed E-state index contributed by atoms with van der Waals surface area (Å²) in [5.41, 5.74) is 3.73. The molecule has 0 N–H and O–H groups in total. The van der Waals surface area contributed by atoms with Crippen LogP contribution in [0.3, 0.4) is 0 Å². The lowest BCUT2D eigenvalue weighted by Crippen LogP contribution is -1.82. The number of nitriles is 1. The molecule has 0 unspecified atom stereocenters. The fourth-order valence-electron chi connectivity index (χ4n) is 1.64. The first-order valence-corrected chi connectivity index (χ1v) is 6.01. The van der Waals surface area contributed by atoms with Crippen molar-refractivity contribution in [1.82, 2.24) is 0 Å². The average molecular weight is 254 g/mol. The summed E-state index contributed by atoms with van der Waals surface area (Å²) in [6, 6.07) is 17.6. The second-order valence-corrected chi connectivity index (χ2v) is 4.52. The molecule has 0 amide bonds. The third kappa shape index (κ3) is 3.00. The normalized spacial score (nSPS) is 11.1. The summed E-state index contributed by atoms with van der Waals surface area (Å²) in [6.45, 7) is 2.03. The van der Waals surface area contributed by atoms with Crippen LogP contribution in [0.1, 0.15) is 16.7 Å². The minimum atomic E-state index is 0.650. The monoisotopic (exact) mass is 253 g/mol. The van der Waals surface area contributed by atoms with E-state index in [1.165, 1.54) is 5.56 Å². The van der Waals surface area contributed by atoms with Gasteiger partial charge in [-0.2, -0.15) is 5.26 Å². The van der Waals surface area contributed by atoms with Gasteiger partial charge in [-0.25, -0.2) is 0 Å². The molecule has 2 aromatic rings. The fourth-order valence-corrected chi connectivity index (χ4v) is 1.76. The van der Waals surface area contributed by atoms with Gasteiger partial charge in [-0.05, 0) is 36.3 Å². The topological polar surface area (TPSA) is 23.8 Å². The van der Waals surface area contributed by atoms with Crippen molar-refractivity contribution < 1.29 is 0 Å². The first-order valence-electron chi connectivity index (χ1n) is 5.63. The highest BCUT2D eigenvalue weighted by Gasteiger charge is 2.00. The minimum absolute atomic E-state index is 0.650. The molecule has 0 aliphatic carbocycles. The van der Waals surface area contributed by atoms with E-state index < -0.39 is 0 Å². The smallest absolute Gasteiger partial charge is 0.0998 e. The zero-order valence-electron chi connectivity index (χ0n) is 10.0. The van der Waals surface area contributed by atoms with Crippen LogP contribution in [-0.2, 0) is 0 Å². The van der Waals surface area contributed by atoms with Crippen LogP contribution in [0.4, 0.5) is 0 Å². The quantitative estimate of drug-likeness (QED) is 0.562. The van der Waals surface area contributed by atoms with Crippen LogP contribution in [0.5, 0.6) is 0 Å². The first-order chi connectivity index (χ1) is 8.69. The summed E-state index contributed by atoms with van der Waals surface area (Å²) in [4.78, 5) is 0. The van der Waals surface area contributed by atoms with Gasteiger partial charge in [0.05, 0.1) is 11.6 Å². The predicted molar refractivity (Wildman–Crippen MR) is 76.1 cm³/mol. The van der Waals surface area contributed by atoms with E-state index in [1.807, 2.05) is 61.5 Å². The molecule has 0 aliphatic heterocycles. The molecule has 88 valence electrons. The predicted octanol–water partition coefficient (Wildman–Crippen LogP) is 4.71. The lowest BCUT2D eigenvalue weighted by Gasteiger charge is -2.01. The van der Waals surface area contributed by atoms with E-state index in [0.717, 1.165) is 11.1 Å². The molecule has 0 saturated heterocycles. The first kappa shape index (κ1) is 12.4. The van der Waals surface area contributed by atoms with Gasteiger partial charge in [0.2, 0.25) is 0 Å². The summed E-state index contributed by atoms with van der Waals surface area (Å²) >= 11 is 5.83. The van der Waals surface area contributed by atoms with Crippen molar-refractivity contribution in [3.8, 4) is 6.07 Å². The molecule has 0 heterocycles. The van der Waals surface area contributed by atoms with E-state index in [1.54, 1.807) is 0 Å². The minimum Gasteiger partial charge on any atom is -0.192 e. The molecular weight excluding hydrogens is 242 g/mol. The molecule has 0 spiro atoms. The lowest BCUT2D eigenvalue weighted by atomic mass is 10.0. The molecule has 0 fully saturated rings.